The highest BCUT2D eigenvalue weighted by molar-refractivity contribution is 6.34. The topological polar surface area (TPSA) is 24.8 Å². The van der Waals surface area contributed by atoms with Crippen molar-refractivity contribution in [3.05, 3.63) is 95.0 Å². The molecule has 1 aliphatic rings. The van der Waals surface area contributed by atoms with E-state index in [9.17, 15) is 0 Å². The number of ether oxygens (including phenoxy) is 1. The third-order valence-corrected chi connectivity index (χ3v) is 4.94. The van der Waals surface area contributed by atoms with E-state index in [4.69, 9.17) is 21.4 Å². The van der Waals surface area contributed by atoms with Gasteiger partial charge in [0.25, 0.3) is 0 Å². The Morgan fingerprint density at radius 1 is 0.923 bits per heavy atom. The average Bonchev–Trinajstić information content (AvgIpc) is 3.14. The van der Waals surface area contributed by atoms with Gasteiger partial charge in [-0.3, -0.25) is 5.01 Å². The molecule has 0 spiro atoms. The number of rotatable bonds is 4. The molecule has 26 heavy (non-hydrogen) atoms. The van der Waals surface area contributed by atoms with Crippen LogP contribution in [-0.2, 0) is 0 Å². The Morgan fingerprint density at radius 3 is 2.38 bits per heavy atom. The number of methoxy groups -OCH3 is 1. The highest BCUT2D eigenvalue weighted by Crippen LogP contribution is 2.40. The number of hydrazone groups is 1. The van der Waals surface area contributed by atoms with E-state index in [0.29, 0.717) is 0 Å². The molecule has 130 valence electrons. The number of benzene rings is 3. The van der Waals surface area contributed by atoms with E-state index in [1.165, 1.54) is 0 Å². The van der Waals surface area contributed by atoms with Gasteiger partial charge in [0.15, 0.2) is 0 Å². The van der Waals surface area contributed by atoms with Crippen molar-refractivity contribution in [2.75, 3.05) is 12.1 Å². The second kappa shape index (κ2) is 7.22. The Morgan fingerprint density at radius 2 is 1.62 bits per heavy atom. The molecular formula is C22H19ClN2O. The maximum Gasteiger partial charge on any atom is 0.124 e. The molecule has 0 radical (unpaired) electrons. The van der Waals surface area contributed by atoms with Crippen LogP contribution < -0.4 is 9.75 Å². The number of halogens is 1. The minimum Gasteiger partial charge on any atom is -0.496 e. The smallest absolute Gasteiger partial charge is 0.124 e. The SMILES string of the molecule is COc1ccccc1[C@@H]1CC(c2ccccc2Cl)=NN1c1ccccc1. The Kier molecular flexibility index (Phi) is 4.63. The Hall–Kier alpha value is -2.78. The number of hydrogen-bond donors (Lipinski definition) is 0. The molecule has 0 amide bonds. The van der Waals surface area contributed by atoms with Crippen LogP contribution in [0.3, 0.4) is 0 Å². The molecule has 3 aromatic carbocycles. The second-order valence-electron chi connectivity index (χ2n) is 6.17. The van der Waals surface area contributed by atoms with E-state index in [1.807, 2.05) is 60.7 Å². The molecule has 4 heteroatoms. The summed E-state index contributed by atoms with van der Waals surface area (Å²) in [4.78, 5) is 0. The van der Waals surface area contributed by atoms with Crippen LogP contribution >= 0.6 is 11.6 Å². The molecule has 3 aromatic rings. The fourth-order valence-corrected chi connectivity index (χ4v) is 3.62. The summed E-state index contributed by atoms with van der Waals surface area (Å²) < 4.78 is 5.60. The van der Waals surface area contributed by atoms with Crippen molar-refractivity contribution in [1.82, 2.24) is 0 Å². The lowest BCUT2D eigenvalue weighted by Crippen LogP contribution is -2.19. The van der Waals surface area contributed by atoms with Crippen LogP contribution in [-0.4, -0.2) is 12.8 Å². The van der Waals surface area contributed by atoms with E-state index in [1.54, 1.807) is 7.11 Å². The lowest BCUT2D eigenvalue weighted by molar-refractivity contribution is 0.405. The normalized spacial score (nSPS) is 16.5. The summed E-state index contributed by atoms with van der Waals surface area (Å²) in [7, 11) is 1.70. The van der Waals surface area contributed by atoms with E-state index in [-0.39, 0.29) is 6.04 Å². The summed E-state index contributed by atoms with van der Waals surface area (Å²) in [5.41, 5.74) is 4.12. The van der Waals surface area contributed by atoms with Crippen molar-refractivity contribution < 1.29 is 4.74 Å². The summed E-state index contributed by atoms with van der Waals surface area (Å²) in [5.74, 6) is 0.869. The molecule has 0 unspecified atom stereocenters. The number of para-hydroxylation sites is 2. The predicted molar refractivity (Wildman–Crippen MR) is 107 cm³/mol. The van der Waals surface area contributed by atoms with Gasteiger partial charge >= 0.3 is 0 Å². The Balaban J connectivity index is 1.80. The second-order valence-corrected chi connectivity index (χ2v) is 6.58. The van der Waals surface area contributed by atoms with Crippen LogP contribution in [0.15, 0.2) is 84.0 Å². The number of hydrogen-bond acceptors (Lipinski definition) is 3. The molecule has 0 bridgehead atoms. The summed E-state index contributed by atoms with van der Waals surface area (Å²) in [6, 6.07) is 26.2. The van der Waals surface area contributed by atoms with Gasteiger partial charge in [0.2, 0.25) is 0 Å². The number of anilines is 1. The first-order valence-corrected chi connectivity index (χ1v) is 8.95. The largest absolute Gasteiger partial charge is 0.496 e. The van der Waals surface area contributed by atoms with Gasteiger partial charge in [0.05, 0.1) is 24.6 Å². The van der Waals surface area contributed by atoms with Crippen LogP contribution in [0.4, 0.5) is 5.69 Å². The van der Waals surface area contributed by atoms with Gasteiger partial charge in [0.1, 0.15) is 5.75 Å². The summed E-state index contributed by atoms with van der Waals surface area (Å²) >= 11 is 6.43. The van der Waals surface area contributed by atoms with Gasteiger partial charge in [-0.25, -0.2) is 0 Å². The quantitative estimate of drug-likeness (QED) is 0.594. The van der Waals surface area contributed by atoms with Gasteiger partial charge in [0, 0.05) is 22.6 Å². The van der Waals surface area contributed by atoms with Crippen LogP contribution in [0.1, 0.15) is 23.6 Å². The Labute approximate surface area is 158 Å². The molecule has 0 aliphatic carbocycles. The van der Waals surface area contributed by atoms with Crippen molar-refractivity contribution in [3.63, 3.8) is 0 Å². The molecule has 0 aromatic heterocycles. The fourth-order valence-electron chi connectivity index (χ4n) is 3.37. The Bertz CT molecular complexity index is 940. The molecule has 3 nitrogen and oxygen atoms in total. The van der Waals surface area contributed by atoms with Crippen molar-refractivity contribution in [2.24, 2.45) is 5.10 Å². The molecule has 0 fully saturated rings. The molecule has 4 rings (SSSR count). The molecular weight excluding hydrogens is 344 g/mol. The van der Waals surface area contributed by atoms with E-state index >= 15 is 0 Å². The van der Waals surface area contributed by atoms with Crippen LogP contribution in [0.2, 0.25) is 5.02 Å². The first kappa shape index (κ1) is 16.7. The standard InChI is InChI=1S/C22H19ClN2O/c1-26-22-14-8-6-12-18(22)21-15-20(17-11-5-7-13-19(17)23)24-25(21)16-9-3-2-4-10-16/h2-14,21H,15H2,1H3/t21-/m0/s1. The van der Waals surface area contributed by atoms with Gasteiger partial charge in [-0.05, 0) is 24.3 Å². The average molecular weight is 363 g/mol. The lowest BCUT2D eigenvalue weighted by atomic mass is 9.97. The van der Waals surface area contributed by atoms with E-state index < -0.39 is 0 Å². The molecule has 0 N–H and O–H groups in total. The molecule has 0 saturated heterocycles. The first-order valence-electron chi connectivity index (χ1n) is 8.57. The van der Waals surface area contributed by atoms with Gasteiger partial charge in [-0.2, -0.15) is 5.10 Å². The highest BCUT2D eigenvalue weighted by Gasteiger charge is 2.32. The van der Waals surface area contributed by atoms with Crippen LogP contribution in [0.25, 0.3) is 0 Å². The van der Waals surface area contributed by atoms with Crippen molar-refractivity contribution >= 4 is 23.0 Å². The lowest BCUT2D eigenvalue weighted by Gasteiger charge is -2.25. The fraction of sp³-hybridized carbons (Fsp3) is 0.136. The van der Waals surface area contributed by atoms with Gasteiger partial charge in [-0.15, -0.1) is 0 Å². The van der Waals surface area contributed by atoms with Crippen molar-refractivity contribution in [2.45, 2.75) is 12.5 Å². The zero-order valence-corrected chi connectivity index (χ0v) is 15.2. The van der Waals surface area contributed by atoms with E-state index in [2.05, 4.69) is 23.2 Å². The van der Waals surface area contributed by atoms with Gasteiger partial charge in [-0.1, -0.05) is 66.2 Å². The van der Waals surface area contributed by atoms with Crippen molar-refractivity contribution in [1.29, 1.82) is 0 Å². The molecule has 1 atom stereocenters. The minimum atomic E-state index is 0.0554. The minimum absolute atomic E-state index is 0.0554. The zero-order chi connectivity index (χ0) is 17.9. The maximum absolute atomic E-state index is 6.43. The third-order valence-electron chi connectivity index (χ3n) is 4.61. The van der Waals surface area contributed by atoms with Crippen LogP contribution in [0.5, 0.6) is 5.75 Å². The van der Waals surface area contributed by atoms with Gasteiger partial charge < -0.3 is 4.74 Å². The molecule has 1 heterocycles. The maximum atomic E-state index is 6.43. The molecule has 1 aliphatic heterocycles. The molecule has 0 saturated carbocycles. The van der Waals surface area contributed by atoms with Crippen LogP contribution in [0, 0.1) is 0 Å². The predicted octanol–water partition coefficient (Wildman–Crippen LogP) is 5.70. The highest BCUT2D eigenvalue weighted by atomic mass is 35.5. The first-order chi connectivity index (χ1) is 12.8. The summed E-state index contributed by atoms with van der Waals surface area (Å²) in [5, 5.41) is 7.72. The van der Waals surface area contributed by atoms with Crippen molar-refractivity contribution in [3.8, 4) is 5.75 Å². The zero-order valence-electron chi connectivity index (χ0n) is 14.5. The number of nitrogens with zero attached hydrogens (tertiary/aromatic N) is 2. The summed E-state index contributed by atoms with van der Waals surface area (Å²) in [6.45, 7) is 0. The monoisotopic (exact) mass is 362 g/mol. The third kappa shape index (κ3) is 3.06. The summed E-state index contributed by atoms with van der Waals surface area (Å²) in [6.07, 6.45) is 0.763. The van der Waals surface area contributed by atoms with E-state index in [0.717, 1.165) is 39.7 Å².